The van der Waals surface area contributed by atoms with Gasteiger partial charge in [-0.25, -0.2) is 0 Å². The molecule has 1 amide bonds. The summed E-state index contributed by atoms with van der Waals surface area (Å²) in [6.07, 6.45) is 0.0780. The van der Waals surface area contributed by atoms with Gasteiger partial charge in [0.2, 0.25) is 5.91 Å². The molecule has 2 unspecified atom stereocenters. The van der Waals surface area contributed by atoms with Crippen LogP contribution in [0.1, 0.15) is 19.4 Å². The number of nitrogens with zero attached hydrogens (tertiary/aromatic N) is 1. The number of hydrogen-bond acceptors (Lipinski definition) is 3. The Labute approximate surface area is 120 Å². The highest BCUT2D eigenvalue weighted by atomic mass is 35.5. The Balaban J connectivity index is 0.00000180. The molecule has 2 N–H and O–H groups in total. The first-order valence-electron chi connectivity index (χ1n) is 6.27. The van der Waals surface area contributed by atoms with Gasteiger partial charge in [-0.15, -0.1) is 12.4 Å². The number of halogens is 1. The van der Waals surface area contributed by atoms with E-state index in [0.29, 0.717) is 19.7 Å². The van der Waals surface area contributed by atoms with Crippen molar-refractivity contribution in [3.63, 3.8) is 0 Å². The molecule has 106 valence electrons. The molecule has 0 aliphatic carbocycles. The van der Waals surface area contributed by atoms with Gasteiger partial charge >= 0.3 is 0 Å². The SMILES string of the molecule is CC1CN(C(=O)C(C)(N)c2ccccc2)CCO1.Cl. The molecule has 19 heavy (non-hydrogen) atoms. The third-order valence-corrected chi connectivity index (χ3v) is 3.35. The van der Waals surface area contributed by atoms with Crippen LogP contribution in [0.3, 0.4) is 0 Å². The minimum Gasteiger partial charge on any atom is -0.375 e. The fourth-order valence-electron chi connectivity index (χ4n) is 2.24. The first-order chi connectivity index (χ1) is 8.51. The number of carbonyl (C=O) groups is 1. The van der Waals surface area contributed by atoms with Crippen LogP contribution in [-0.4, -0.2) is 36.6 Å². The van der Waals surface area contributed by atoms with Crippen LogP contribution in [0.15, 0.2) is 30.3 Å². The zero-order valence-corrected chi connectivity index (χ0v) is 12.2. The third kappa shape index (κ3) is 3.47. The maximum absolute atomic E-state index is 12.5. The van der Waals surface area contributed by atoms with Gasteiger partial charge in [-0.2, -0.15) is 0 Å². The van der Waals surface area contributed by atoms with Gasteiger partial charge in [-0.05, 0) is 19.4 Å². The number of nitrogens with two attached hydrogens (primary N) is 1. The van der Waals surface area contributed by atoms with E-state index in [9.17, 15) is 4.79 Å². The molecular formula is C14H21ClN2O2. The van der Waals surface area contributed by atoms with Gasteiger partial charge in [0.15, 0.2) is 0 Å². The van der Waals surface area contributed by atoms with Crippen LogP contribution < -0.4 is 5.73 Å². The largest absolute Gasteiger partial charge is 0.375 e. The zero-order chi connectivity index (χ0) is 13.2. The highest BCUT2D eigenvalue weighted by Crippen LogP contribution is 2.21. The molecule has 2 rings (SSSR count). The van der Waals surface area contributed by atoms with E-state index in [1.54, 1.807) is 11.8 Å². The van der Waals surface area contributed by atoms with Gasteiger partial charge in [0.25, 0.3) is 0 Å². The van der Waals surface area contributed by atoms with Crippen molar-refractivity contribution in [1.82, 2.24) is 4.90 Å². The Morgan fingerprint density at radius 1 is 1.42 bits per heavy atom. The second kappa shape index (κ2) is 6.37. The Kier molecular flexibility index (Phi) is 5.35. The van der Waals surface area contributed by atoms with Crippen LogP contribution in [0.2, 0.25) is 0 Å². The number of benzene rings is 1. The summed E-state index contributed by atoms with van der Waals surface area (Å²) in [6.45, 7) is 5.54. The lowest BCUT2D eigenvalue weighted by atomic mass is 9.91. The van der Waals surface area contributed by atoms with E-state index in [1.807, 2.05) is 37.3 Å². The molecule has 4 nitrogen and oxygen atoms in total. The summed E-state index contributed by atoms with van der Waals surface area (Å²) in [4.78, 5) is 14.3. The summed E-state index contributed by atoms with van der Waals surface area (Å²) in [5.41, 5.74) is 6.09. The molecule has 5 heteroatoms. The highest BCUT2D eigenvalue weighted by molar-refractivity contribution is 5.87. The van der Waals surface area contributed by atoms with Crippen LogP contribution in [0.5, 0.6) is 0 Å². The van der Waals surface area contributed by atoms with E-state index in [0.717, 1.165) is 5.56 Å². The van der Waals surface area contributed by atoms with Crippen LogP contribution in [0, 0.1) is 0 Å². The van der Waals surface area contributed by atoms with Gasteiger partial charge < -0.3 is 15.4 Å². The standard InChI is InChI=1S/C14H20N2O2.ClH/c1-11-10-16(8-9-18-11)13(17)14(2,15)12-6-4-3-5-7-12;/h3-7,11H,8-10,15H2,1-2H3;1H. The quantitative estimate of drug-likeness (QED) is 0.896. The number of carbonyl (C=O) groups excluding carboxylic acids is 1. The molecule has 1 aliphatic rings. The van der Waals surface area contributed by atoms with Crippen molar-refractivity contribution in [2.45, 2.75) is 25.5 Å². The average Bonchev–Trinajstić information content (AvgIpc) is 2.39. The summed E-state index contributed by atoms with van der Waals surface area (Å²) in [6, 6.07) is 9.50. The van der Waals surface area contributed by atoms with Gasteiger partial charge in [-0.1, -0.05) is 30.3 Å². The highest BCUT2D eigenvalue weighted by Gasteiger charge is 2.35. The maximum atomic E-state index is 12.5. The van der Waals surface area contributed by atoms with Crippen molar-refractivity contribution < 1.29 is 9.53 Å². The lowest BCUT2D eigenvalue weighted by molar-refractivity contribution is -0.143. The van der Waals surface area contributed by atoms with Gasteiger partial charge in [-0.3, -0.25) is 4.79 Å². The predicted octanol–water partition coefficient (Wildman–Crippen LogP) is 1.53. The van der Waals surface area contributed by atoms with E-state index in [4.69, 9.17) is 10.5 Å². The summed E-state index contributed by atoms with van der Waals surface area (Å²) in [7, 11) is 0. The molecule has 1 aromatic carbocycles. The molecule has 1 aromatic rings. The zero-order valence-electron chi connectivity index (χ0n) is 11.3. The van der Waals surface area contributed by atoms with Gasteiger partial charge in [0.1, 0.15) is 5.54 Å². The molecule has 0 aromatic heterocycles. The van der Waals surface area contributed by atoms with Gasteiger partial charge in [0, 0.05) is 13.1 Å². The van der Waals surface area contributed by atoms with E-state index in [-0.39, 0.29) is 24.4 Å². The second-order valence-corrected chi connectivity index (χ2v) is 5.00. The van der Waals surface area contributed by atoms with E-state index < -0.39 is 5.54 Å². The normalized spacial score (nSPS) is 22.3. The summed E-state index contributed by atoms with van der Waals surface area (Å²) in [5, 5.41) is 0. The molecule has 0 bridgehead atoms. The molecule has 1 fully saturated rings. The molecule has 0 spiro atoms. The summed E-state index contributed by atoms with van der Waals surface area (Å²) < 4.78 is 5.44. The number of morpholine rings is 1. The first kappa shape index (κ1) is 16.0. The lowest BCUT2D eigenvalue weighted by Crippen LogP contribution is -2.55. The topological polar surface area (TPSA) is 55.6 Å². The summed E-state index contributed by atoms with van der Waals surface area (Å²) >= 11 is 0. The Bertz CT molecular complexity index is 423. The molecule has 0 radical (unpaired) electrons. The first-order valence-corrected chi connectivity index (χ1v) is 6.27. The maximum Gasteiger partial charge on any atom is 0.247 e. The van der Waals surface area contributed by atoms with Crippen molar-refractivity contribution in [1.29, 1.82) is 0 Å². The fourth-order valence-corrected chi connectivity index (χ4v) is 2.24. The van der Waals surface area contributed by atoms with Gasteiger partial charge in [0.05, 0.1) is 12.7 Å². The summed E-state index contributed by atoms with van der Waals surface area (Å²) in [5.74, 6) is -0.0381. The van der Waals surface area contributed by atoms with Crippen LogP contribution >= 0.6 is 12.4 Å². The van der Waals surface area contributed by atoms with Crippen LogP contribution in [-0.2, 0) is 15.1 Å². The number of rotatable bonds is 2. The molecular weight excluding hydrogens is 264 g/mol. The Morgan fingerprint density at radius 3 is 2.63 bits per heavy atom. The minimum atomic E-state index is -0.974. The Hall–Kier alpha value is -1.10. The monoisotopic (exact) mass is 284 g/mol. The minimum absolute atomic E-state index is 0. The van der Waals surface area contributed by atoms with E-state index in [1.165, 1.54) is 0 Å². The third-order valence-electron chi connectivity index (χ3n) is 3.35. The van der Waals surface area contributed by atoms with Crippen molar-refractivity contribution in [3.8, 4) is 0 Å². The molecule has 1 aliphatic heterocycles. The molecule has 2 atom stereocenters. The molecule has 1 saturated heterocycles. The van der Waals surface area contributed by atoms with E-state index >= 15 is 0 Å². The number of amides is 1. The predicted molar refractivity (Wildman–Crippen MR) is 77.2 cm³/mol. The van der Waals surface area contributed by atoms with Crippen molar-refractivity contribution in [2.75, 3.05) is 19.7 Å². The second-order valence-electron chi connectivity index (χ2n) is 5.00. The number of ether oxygens (including phenoxy) is 1. The van der Waals surface area contributed by atoms with E-state index in [2.05, 4.69) is 0 Å². The Morgan fingerprint density at radius 2 is 2.05 bits per heavy atom. The van der Waals surface area contributed by atoms with Crippen molar-refractivity contribution in [2.24, 2.45) is 5.73 Å². The lowest BCUT2D eigenvalue weighted by Gasteiger charge is -2.36. The average molecular weight is 285 g/mol. The number of hydrogen-bond donors (Lipinski definition) is 1. The molecule has 1 heterocycles. The van der Waals surface area contributed by atoms with Crippen molar-refractivity contribution >= 4 is 18.3 Å². The smallest absolute Gasteiger partial charge is 0.247 e. The van der Waals surface area contributed by atoms with Crippen molar-refractivity contribution in [3.05, 3.63) is 35.9 Å². The van der Waals surface area contributed by atoms with Crippen LogP contribution in [0.25, 0.3) is 0 Å². The molecule has 0 saturated carbocycles. The van der Waals surface area contributed by atoms with Crippen LogP contribution in [0.4, 0.5) is 0 Å². The fraction of sp³-hybridized carbons (Fsp3) is 0.500.